The molecule has 1 aromatic heterocycles. The predicted octanol–water partition coefficient (Wildman–Crippen LogP) is 2.30. The lowest BCUT2D eigenvalue weighted by Crippen LogP contribution is -2.35. The summed E-state index contributed by atoms with van der Waals surface area (Å²) in [6, 6.07) is 3.61. The number of aliphatic hydroxyl groups is 1. The van der Waals surface area contributed by atoms with E-state index in [4.69, 9.17) is 5.11 Å². The lowest BCUT2D eigenvalue weighted by atomic mass is 10.1. The highest BCUT2D eigenvalue weighted by molar-refractivity contribution is 5.94. The second-order valence-electron chi connectivity index (χ2n) is 5.26. The van der Waals surface area contributed by atoms with E-state index in [1.54, 1.807) is 17.2 Å². The number of carbonyl (C=O) groups excluding carboxylic acids is 1. The molecule has 0 aliphatic rings. The molecule has 1 unspecified atom stereocenters. The van der Waals surface area contributed by atoms with E-state index in [2.05, 4.69) is 18.8 Å². The number of amides is 1. The molecule has 0 bridgehead atoms. The van der Waals surface area contributed by atoms with Gasteiger partial charge < -0.3 is 10.0 Å². The van der Waals surface area contributed by atoms with E-state index in [0.717, 1.165) is 5.69 Å². The van der Waals surface area contributed by atoms with E-state index in [1.807, 2.05) is 19.9 Å². The number of nitrogens with zero attached hydrogens (tertiary/aromatic N) is 2. The van der Waals surface area contributed by atoms with E-state index in [-0.39, 0.29) is 18.4 Å². The fourth-order valence-corrected chi connectivity index (χ4v) is 1.87. The van der Waals surface area contributed by atoms with Crippen LogP contribution in [0.25, 0.3) is 0 Å². The molecule has 1 N–H and O–H groups in total. The van der Waals surface area contributed by atoms with Crippen LogP contribution in [-0.4, -0.2) is 40.6 Å². The first kappa shape index (κ1) is 15.6. The van der Waals surface area contributed by atoms with Gasteiger partial charge in [-0.3, -0.25) is 9.78 Å². The Bertz CT molecular complexity index is 418. The van der Waals surface area contributed by atoms with Crippen molar-refractivity contribution >= 4 is 5.91 Å². The third kappa shape index (κ3) is 4.31. The van der Waals surface area contributed by atoms with Gasteiger partial charge >= 0.3 is 0 Å². The predicted molar refractivity (Wildman–Crippen MR) is 76.2 cm³/mol. The van der Waals surface area contributed by atoms with Crippen LogP contribution in [0.2, 0.25) is 0 Å². The molecule has 4 nitrogen and oxygen atoms in total. The number of rotatable bonds is 6. The lowest BCUT2D eigenvalue weighted by Gasteiger charge is -2.24. The van der Waals surface area contributed by atoms with Crippen LogP contribution in [-0.2, 0) is 0 Å². The average molecular weight is 264 g/mol. The van der Waals surface area contributed by atoms with Gasteiger partial charge in [-0.1, -0.05) is 20.8 Å². The maximum Gasteiger partial charge on any atom is 0.253 e. The van der Waals surface area contributed by atoms with Crippen LogP contribution in [0.3, 0.4) is 0 Å². The molecule has 0 aliphatic carbocycles. The standard InChI is InChI=1S/C15H24N2O2/c1-5-17(9-12(4)10-18)15(19)13-6-7-16-14(8-13)11(2)3/h6-8,11-12,18H,5,9-10H2,1-4H3. The Kier molecular flexibility index (Phi) is 5.96. The van der Waals surface area contributed by atoms with Gasteiger partial charge in [-0.2, -0.15) is 0 Å². The SMILES string of the molecule is CCN(CC(C)CO)C(=O)c1ccnc(C(C)C)c1. The zero-order valence-electron chi connectivity index (χ0n) is 12.3. The molecule has 0 aromatic carbocycles. The highest BCUT2D eigenvalue weighted by Gasteiger charge is 2.17. The van der Waals surface area contributed by atoms with Crippen molar-refractivity contribution in [2.75, 3.05) is 19.7 Å². The van der Waals surface area contributed by atoms with E-state index >= 15 is 0 Å². The Morgan fingerprint density at radius 3 is 2.63 bits per heavy atom. The third-order valence-corrected chi connectivity index (χ3v) is 3.13. The highest BCUT2D eigenvalue weighted by Crippen LogP contribution is 2.14. The van der Waals surface area contributed by atoms with E-state index < -0.39 is 0 Å². The molecule has 1 aromatic rings. The summed E-state index contributed by atoms with van der Waals surface area (Å²) in [5.74, 6) is 0.404. The van der Waals surface area contributed by atoms with Gasteiger partial charge in [0.2, 0.25) is 0 Å². The van der Waals surface area contributed by atoms with Gasteiger partial charge in [0.15, 0.2) is 0 Å². The zero-order valence-corrected chi connectivity index (χ0v) is 12.3. The van der Waals surface area contributed by atoms with Crippen molar-refractivity contribution in [2.45, 2.75) is 33.6 Å². The Morgan fingerprint density at radius 1 is 1.42 bits per heavy atom. The van der Waals surface area contributed by atoms with Crippen molar-refractivity contribution in [2.24, 2.45) is 5.92 Å². The molecule has 1 amide bonds. The van der Waals surface area contributed by atoms with Crippen molar-refractivity contribution in [3.8, 4) is 0 Å². The summed E-state index contributed by atoms with van der Waals surface area (Å²) in [5.41, 5.74) is 1.60. The molecule has 0 fully saturated rings. The average Bonchev–Trinajstić information content (AvgIpc) is 2.43. The number of hydrogen-bond acceptors (Lipinski definition) is 3. The molecule has 4 heteroatoms. The molecule has 1 rings (SSSR count). The van der Waals surface area contributed by atoms with E-state index in [1.165, 1.54) is 0 Å². The van der Waals surface area contributed by atoms with Crippen molar-refractivity contribution < 1.29 is 9.90 Å². The number of carbonyl (C=O) groups is 1. The molecule has 0 saturated carbocycles. The molecule has 1 atom stereocenters. The van der Waals surface area contributed by atoms with Gasteiger partial charge in [-0.25, -0.2) is 0 Å². The Balaban J connectivity index is 2.88. The van der Waals surface area contributed by atoms with Crippen LogP contribution in [0.15, 0.2) is 18.3 Å². The minimum atomic E-state index is 0.00657. The fourth-order valence-electron chi connectivity index (χ4n) is 1.87. The zero-order chi connectivity index (χ0) is 14.4. The van der Waals surface area contributed by atoms with Gasteiger partial charge in [0.25, 0.3) is 5.91 Å². The summed E-state index contributed by atoms with van der Waals surface area (Å²) < 4.78 is 0. The van der Waals surface area contributed by atoms with Crippen molar-refractivity contribution in [1.29, 1.82) is 0 Å². The highest BCUT2D eigenvalue weighted by atomic mass is 16.3. The Morgan fingerprint density at radius 2 is 2.11 bits per heavy atom. The first-order valence-electron chi connectivity index (χ1n) is 6.85. The van der Waals surface area contributed by atoms with Crippen LogP contribution in [0.4, 0.5) is 0 Å². The molecule has 0 saturated heterocycles. The number of hydrogen-bond donors (Lipinski definition) is 1. The van der Waals surface area contributed by atoms with Crippen LogP contribution >= 0.6 is 0 Å². The van der Waals surface area contributed by atoms with Crippen LogP contribution in [0.1, 0.15) is 49.7 Å². The summed E-state index contributed by atoms with van der Waals surface area (Å²) >= 11 is 0. The molecule has 0 spiro atoms. The molecule has 106 valence electrons. The van der Waals surface area contributed by atoms with Crippen molar-refractivity contribution in [1.82, 2.24) is 9.88 Å². The van der Waals surface area contributed by atoms with Crippen LogP contribution in [0, 0.1) is 5.92 Å². The van der Waals surface area contributed by atoms with Crippen molar-refractivity contribution in [3.05, 3.63) is 29.6 Å². The number of aromatic nitrogens is 1. The molecule has 0 radical (unpaired) electrons. The monoisotopic (exact) mass is 264 g/mol. The third-order valence-electron chi connectivity index (χ3n) is 3.13. The van der Waals surface area contributed by atoms with Crippen LogP contribution in [0.5, 0.6) is 0 Å². The van der Waals surface area contributed by atoms with Crippen molar-refractivity contribution in [3.63, 3.8) is 0 Å². The first-order valence-corrected chi connectivity index (χ1v) is 6.85. The molecule has 0 aliphatic heterocycles. The summed E-state index contributed by atoms with van der Waals surface area (Å²) in [7, 11) is 0. The second kappa shape index (κ2) is 7.24. The van der Waals surface area contributed by atoms with Gasteiger partial charge in [0.05, 0.1) is 0 Å². The van der Waals surface area contributed by atoms with Gasteiger partial charge in [-0.15, -0.1) is 0 Å². The minimum absolute atomic E-state index is 0.00657. The first-order chi connectivity index (χ1) is 8.99. The Hall–Kier alpha value is -1.42. The molecule has 19 heavy (non-hydrogen) atoms. The summed E-state index contributed by atoms with van der Waals surface area (Å²) in [6.07, 6.45) is 1.69. The van der Waals surface area contributed by atoms with Crippen LogP contribution < -0.4 is 0 Å². The maximum atomic E-state index is 12.4. The minimum Gasteiger partial charge on any atom is -0.396 e. The van der Waals surface area contributed by atoms with E-state index in [0.29, 0.717) is 24.6 Å². The second-order valence-corrected chi connectivity index (χ2v) is 5.26. The summed E-state index contributed by atoms with van der Waals surface area (Å²) in [4.78, 5) is 18.5. The smallest absolute Gasteiger partial charge is 0.253 e. The Labute approximate surface area is 115 Å². The topological polar surface area (TPSA) is 53.4 Å². The number of pyridine rings is 1. The van der Waals surface area contributed by atoms with Gasteiger partial charge in [0, 0.05) is 37.2 Å². The van der Waals surface area contributed by atoms with Gasteiger partial charge in [-0.05, 0) is 30.9 Å². The quantitative estimate of drug-likeness (QED) is 0.857. The molecule has 1 heterocycles. The summed E-state index contributed by atoms with van der Waals surface area (Å²) in [5, 5.41) is 9.10. The fraction of sp³-hybridized carbons (Fsp3) is 0.600. The molecular weight excluding hydrogens is 240 g/mol. The maximum absolute atomic E-state index is 12.4. The largest absolute Gasteiger partial charge is 0.396 e. The molecular formula is C15H24N2O2. The van der Waals surface area contributed by atoms with E-state index in [9.17, 15) is 4.79 Å². The lowest BCUT2D eigenvalue weighted by molar-refractivity contribution is 0.0719. The normalized spacial score (nSPS) is 12.5. The summed E-state index contributed by atoms with van der Waals surface area (Å²) in [6.45, 7) is 9.31. The van der Waals surface area contributed by atoms with Gasteiger partial charge in [0.1, 0.15) is 0 Å². The number of aliphatic hydroxyl groups excluding tert-OH is 1.